The molecule has 0 aliphatic carbocycles. The molecule has 0 atom stereocenters. The Balaban J connectivity index is 1.91. The number of anilines is 1. The van der Waals surface area contributed by atoms with Crippen LogP contribution in [-0.4, -0.2) is 19.6 Å². The molecular weight excluding hydrogens is 444 g/mol. The van der Waals surface area contributed by atoms with Gasteiger partial charge in [-0.25, -0.2) is 0 Å². The van der Waals surface area contributed by atoms with Crippen LogP contribution in [0.3, 0.4) is 0 Å². The van der Waals surface area contributed by atoms with Crippen molar-refractivity contribution in [2.45, 2.75) is 0 Å². The lowest BCUT2D eigenvalue weighted by Gasteiger charge is -2.12. The lowest BCUT2D eigenvalue weighted by Crippen LogP contribution is -2.13. The number of hydrogen-bond acceptors (Lipinski definition) is 4. The van der Waals surface area contributed by atoms with Gasteiger partial charge in [-0.2, -0.15) is 5.26 Å². The topological polar surface area (TPSA) is 71.3 Å². The molecular formula is C24H19BrN2O3. The quantitative estimate of drug-likeness (QED) is 0.276. The standard InChI is InChI=1S/C24H19BrN2O3/c1-3-11-30-23-20(25)13-16(14-22(23)29-2)12-18(15-26)24(28)27-21-10-6-8-17-7-4-5-9-19(17)21/h3-10,12-14H,1,11H2,2H3,(H,27,28)/b18-12+. The van der Waals surface area contributed by atoms with Crippen LogP contribution >= 0.6 is 15.9 Å². The van der Waals surface area contributed by atoms with E-state index < -0.39 is 5.91 Å². The minimum absolute atomic E-state index is 0.0309. The Hall–Kier alpha value is -3.56. The highest BCUT2D eigenvalue weighted by molar-refractivity contribution is 9.10. The smallest absolute Gasteiger partial charge is 0.266 e. The second kappa shape index (κ2) is 9.77. The van der Waals surface area contributed by atoms with Gasteiger partial charge in [-0.1, -0.05) is 49.1 Å². The van der Waals surface area contributed by atoms with Crippen LogP contribution in [0.2, 0.25) is 0 Å². The number of halogens is 1. The molecule has 0 radical (unpaired) electrons. The van der Waals surface area contributed by atoms with Crippen LogP contribution in [0.15, 0.2) is 77.3 Å². The van der Waals surface area contributed by atoms with Crippen LogP contribution in [0.4, 0.5) is 5.69 Å². The molecule has 0 unspecified atom stereocenters. The largest absolute Gasteiger partial charge is 0.493 e. The summed E-state index contributed by atoms with van der Waals surface area (Å²) in [6.45, 7) is 3.95. The number of benzene rings is 3. The minimum Gasteiger partial charge on any atom is -0.493 e. The average molecular weight is 463 g/mol. The van der Waals surface area contributed by atoms with Crippen molar-refractivity contribution < 1.29 is 14.3 Å². The normalized spacial score (nSPS) is 10.9. The minimum atomic E-state index is -0.490. The highest BCUT2D eigenvalue weighted by atomic mass is 79.9. The molecule has 0 spiro atoms. The van der Waals surface area contributed by atoms with Crippen molar-refractivity contribution in [2.75, 3.05) is 19.0 Å². The fourth-order valence-corrected chi connectivity index (χ4v) is 3.52. The molecule has 30 heavy (non-hydrogen) atoms. The molecule has 5 nitrogen and oxygen atoms in total. The molecule has 0 saturated heterocycles. The van der Waals surface area contributed by atoms with Gasteiger partial charge in [-0.05, 0) is 51.2 Å². The van der Waals surface area contributed by atoms with Gasteiger partial charge in [0, 0.05) is 11.1 Å². The van der Waals surface area contributed by atoms with E-state index in [9.17, 15) is 10.1 Å². The van der Waals surface area contributed by atoms with Crippen molar-refractivity contribution in [3.63, 3.8) is 0 Å². The molecule has 0 aliphatic heterocycles. The third-order valence-electron chi connectivity index (χ3n) is 4.31. The van der Waals surface area contributed by atoms with Gasteiger partial charge in [0.25, 0.3) is 5.91 Å². The third kappa shape index (κ3) is 4.70. The lowest BCUT2D eigenvalue weighted by molar-refractivity contribution is -0.112. The molecule has 3 aromatic carbocycles. The zero-order chi connectivity index (χ0) is 21.5. The van der Waals surface area contributed by atoms with Crippen LogP contribution in [0.25, 0.3) is 16.8 Å². The highest BCUT2D eigenvalue weighted by Crippen LogP contribution is 2.37. The van der Waals surface area contributed by atoms with Crippen molar-refractivity contribution in [2.24, 2.45) is 0 Å². The first-order valence-electron chi connectivity index (χ1n) is 9.09. The fraction of sp³-hybridized carbons (Fsp3) is 0.0833. The summed E-state index contributed by atoms with van der Waals surface area (Å²) in [5, 5.41) is 14.3. The van der Waals surface area contributed by atoms with Gasteiger partial charge in [0.05, 0.1) is 11.6 Å². The predicted octanol–water partition coefficient (Wildman–Crippen LogP) is 5.72. The van der Waals surface area contributed by atoms with Gasteiger partial charge in [-0.15, -0.1) is 0 Å². The predicted molar refractivity (Wildman–Crippen MR) is 123 cm³/mol. The number of rotatable bonds is 7. The summed E-state index contributed by atoms with van der Waals surface area (Å²) in [5.74, 6) is 0.508. The number of methoxy groups -OCH3 is 1. The monoisotopic (exact) mass is 462 g/mol. The Bertz CT molecular complexity index is 1170. The number of hydrogen-bond donors (Lipinski definition) is 1. The van der Waals surface area contributed by atoms with Gasteiger partial charge in [0.2, 0.25) is 0 Å². The van der Waals surface area contributed by atoms with E-state index >= 15 is 0 Å². The first-order valence-corrected chi connectivity index (χ1v) is 9.88. The first-order chi connectivity index (χ1) is 14.6. The Morgan fingerprint density at radius 1 is 1.23 bits per heavy atom. The van der Waals surface area contributed by atoms with Crippen LogP contribution in [0.1, 0.15) is 5.56 Å². The van der Waals surface area contributed by atoms with E-state index in [4.69, 9.17) is 9.47 Å². The number of carbonyl (C=O) groups excluding carboxylic acids is 1. The van der Waals surface area contributed by atoms with E-state index in [1.807, 2.05) is 42.5 Å². The third-order valence-corrected chi connectivity index (χ3v) is 4.90. The molecule has 0 aliphatic rings. The van der Waals surface area contributed by atoms with Crippen LogP contribution in [-0.2, 0) is 4.79 Å². The number of amides is 1. The number of nitriles is 1. The van der Waals surface area contributed by atoms with Gasteiger partial charge < -0.3 is 14.8 Å². The zero-order valence-electron chi connectivity index (χ0n) is 16.3. The number of ether oxygens (including phenoxy) is 2. The van der Waals surface area contributed by atoms with Gasteiger partial charge >= 0.3 is 0 Å². The Morgan fingerprint density at radius 2 is 2.00 bits per heavy atom. The number of nitrogens with zero attached hydrogens (tertiary/aromatic N) is 1. The van der Waals surface area contributed by atoms with Crippen LogP contribution in [0, 0.1) is 11.3 Å². The van der Waals surface area contributed by atoms with Crippen molar-refractivity contribution >= 4 is 44.4 Å². The van der Waals surface area contributed by atoms with Crippen molar-refractivity contribution in [1.82, 2.24) is 0 Å². The van der Waals surface area contributed by atoms with Gasteiger partial charge in [0.1, 0.15) is 18.2 Å². The van der Waals surface area contributed by atoms with Crippen molar-refractivity contribution in [3.8, 4) is 17.6 Å². The van der Waals surface area contributed by atoms with E-state index in [0.717, 1.165) is 10.8 Å². The SMILES string of the molecule is C=CCOc1c(Br)cc(/C=C(\C#N)C(=O)Nc2cccc3ccccc23)cc1OC. The average Bonchev–Trinajstić information content (AvgIpc) is 2.76. The van der Waals surface area contributed by atoms with Gasteiger partial charge in [0.15, 0.2) is 11.5 Å². The molecule has 1 N–H and O–H groups in total. The molecule has 0 fully saturated rings. The molecule has 0 heterocycles. The second-order valence-electron chi connectivity index (χ2n) is 6.28. The number of fused-ring (bicyclic) bond motifs is 1. The summed E-state index contributed by atoms with van der Waals surface area (Å²) in [5.41, 5.74) is 1.23. The number of carbonyl (C=O) groups is 1. The van der Waals surface area contributed by atoms with E-state index in [1.165, 1.54) is 13.2 Å². The maximum atomic E-state index is 12.8. The summed E-state index contributed by atoms with van der Waals surface area (Å²) in [4.78, 5) is 12.8. The Labute approximate surface area is 183 Å². The van der Waals surface area contributed by atoms with E-state index in [1.54, 1.807) is 24.3 Å². The summed E-state index contributed by atoms with van der Waals surface area (Å²) in [7, 11) is 1.52. The summed E-state index contributed by atoms with van der Waals surface area (Å²) < 4.78 is 11.6. The van der Waals surface area contributed by atoms with E-state index in [2.05, 4.69) is 27.8 Å². The Kier molecular flexibility index (Phi) is 6.89. The van der Waals surface area contributed by atoms with Crippen molar-refractivity contribution in [1.29, 1.82) is 5.26 Å². The van der Waals surface area contributed by atoms with Crippen LogP contribution < -0.4 is 14.8 Å². The summed E-state index contributed by atoms with van der Waals surface area (Å²) in [6, 6.07) is 18.8. The second-order valence-corrected chi connectivity index (χ2v) is 7.14. The number of nitrogens with one attached hydrogen (secondary N) is 1. The van der Waals surface area contributed by atoms with Crippen molar-refractivity contribution in [3.05, 3.63) is 82.9 Å². The molecule has 0 aromatic heterocycles. The van der Waals surface area contributed by atoms with E-state index in [-0.39, 0.29) is 5.57 Å². The molecule has 3 rings (SSSR count). The molecule has 3 aromatic rings. The fourth-order valence-electron chi connectivity index (χ4n) is 2.94. The molecule has 1 amide bonds. The maximum absolute atomic E-state index is 12.8. The molecule has 0 bridgehead atoms. The maximum Gasteiger partial charge on any atom is 0.266 e. The molecule has 6 heteroatoms. The summed E-state index contributed by atoms with van der Waals surface area (Å²) in [6.07, 6.45) is 3.14. The zero-order valence-corrected chi connectivity index (χ0v) is 17.9. The summed E-state index contributed by atoms with van der Waals surface area (Å²) >= 11 is 3.45. The molecule has 0 saturated carbocycles. The highest BCUT2D eigenvalue weighted by Gasteiger charge is 2.14. The van der Waals surface area contributed by atoms with Crippen LogP contribution in [0.5, 0.6) is 11.5 Å². The molecule has 150 valence electrons. The first kappa shape index (κ1) is 21.2. The Morgan fingerprint density at radius 3 is 2.73 bits per heavy atom. The lowest BCUT2D eigenvalue weighted by atomic mass is 10.1. The van der Waals surface area contributed by atoms with E-state index in [0.29, 0.717) is 33.8 Å². The van der Waals surface area contributed by atoms with Gasteiger partial charge in [-0.3, -0.25) is 4.79 Å².